The number of hydrogen-bond acceptors (Lipinski definition) is 6. The quantitative estimate of drug-likeness (QED) is 0.397. The molecule has 0 radical (unpaired) electrons. The monoisotopic (exact) mass is 501 g/mol. The maximum atomic E-state index is 13.4. The Morgan fingerprint density at radius 3 is 2.38 bits per heavy atom. The maximum Gasteiger partial charge on any atom is 0.258 e. The van der Waals surface area contributed by atoms with Crippen molar-refractivity contribution in [3.63, 3.8) is 0 Å². The van der Waals surface area contributed by atoms with Gasteiger partial charge in [-0.2, -0.15) is 0 Å². The predicted molar refractivity (Wildman–Crippen MR) is 146 cm³/mol. The standard InChI is InChI=1S/C30H35N3O4/c1-2-3-16-32-17-14-26(15-18-32)36-24-8-4-22(5-9-24)30(34)33-19-20-35-29-21-27(12-13-28(29)33)37-25-10-6-23(31)7-11-25/h4-13,21,26H,2-3,14-20,31H2,1H3. The topological polar surface area (TPSA) is 77.3 Å². The third-order valence-corrected chi connectivity index (χ3v) is 6.92. The molecule has 1 amide bonds. The number of fused-ring (bicyclic) bond motifs is 1. The van der Waals surface area contributed by atoms with Gasteiger partial charge in [-0.1, -0.05) is 13.3 Å². The minimum Gasteiger partial charge on any atom is -0.490 e. The molecule has 0 aliphatic carbocycles. The Bertz CT molecular complexity index is 1190. The van der Waals surface area contributed by atoms with Gasteiger partial charge in [0.2, 0.25) is 0 Å². The Morgan fingerprint density at radius 2 is 1.65 bits per heavy atom. The van der Waals surface area contributed by atoms with E-state index in [0.717, 1.165) is 37.4 Å². The van der Waals surface area contributed by atoms with Crippen molar-refractivity contribution in [2.24, 2.45) is 0 Å². The molecule has 0 aromatic heterocycles. The van der Waals surface area contributed by atoms with E-state index in [1.54, 1.807) is 17.0 Å². The molecule has 194 valence electrons. The number of carbonyl (C=O) groups excluding carboxylic acids is 1. The van der Waals surface area contributed by atoms with Gasteiger partial charge in [-0.15, -0.1) is 0 Å². The van der Waals surface area contributed by atoms with Crippen molar-refractivity contribution in [2.45, 2.75) is 38.7 Å². The number of nitrogens with zero attached hydrogens (tertiary/aromatic N) is 2. The summed E-state index contributed by atoms with van der Waals surface area (Å²) in [5.74, 6) is 2.69. The van der Waals surface area contributed by atoms with E-state index in [1.807, 2.05) is 54.6 Å². The Hall–Kier alpha value is -3.71. The third-order valence-electron chi connectivity index (χ3n) is 6.92. The molecule has 7 heteroatoms. The van der Waals surface area contributed by atoms with Crippen LogP contribution >= 0.6 is 0 Å². The van der Waals surface area contributed by atoms with E-state index in [0.29, 0.717) is 41.7 Å². The van der Waals surface area contributed by atoms with Crippen molar-refractivity contribution < 1.29 is 19.0 Å². The van der Waals surface area contributed by atoms with Crippen LogP contribution in [0.3, 0.4) is 0 Å². The second-order valence-electron chi connectivity index (χ2n) is 9.64. The van der Waals surface area contributed by atoms with Crippen molar-refractivity contribution in [3.8, 4) is 23.0 Å². The maximum absolute atomic E-state index is 13.4. The van der Waals surface area contributed by atoms with Gasteiger partial charge in [0.05, 0.1) is 12.2 Å². The fourth-order valence-electron chi connectivity index (χ4n) is 4.80. The first-order valence-electron chi connectivity index (χ1n) is 13.2. The number of carbonyl (C=O) groups is 1. The predicted octanol–water partition coefficient (Wildman–Crippen LogP) is 5.74. The number of anilines is 2. The van der Waals surface area contributed by atoms with Gasteiger partial charge in [-0.25, -0.2) is 0 Å². The first-order valence-corrected chi connectivity index (χ1v) is 13.2. The first kappa shape index (κ1) is 25.0. The average Bonchev–Trinajstić information content (AvgIpc) is 2.93. The Balaban J connectivity index is 1.20. The Morgan fingerprint density at radius 1 is 0.946 bits per heavy atom. The lowest BCUT2D eigenvalue weighted by molar-refractivity contribution is 0.0974. The van der Waals surface area contributed by atoms with Crippen LogP contribution in [-0.2, 0) is 0 Å². The number of rotatable bonds is 8. The van der Waals surface area contributed by atoms with Gasteiger partial charge >= 0.3 is 0 Å². The summed E-state index contributed by atoms with van der Waals surface area (Å²) in [7, 11) is 0. The minimum absolute atomic E-state index is 0.0625. The van der Waals surface area contributed by atoms with E-state index < -0.39 is 0 Å². The van der Waals surface area contributed by atoms with Gasteiger partial charge in [-0.05, 0) is 86.5 Å². The molecule has 3 aromatic carbocycles. The highest BCUT2D eigenvalue weighted by Gasteiger charge is 2.26. The van der Waals surface area contributed by atoms with E-state index in [4.69, 9.17) is 19.9 Å². The van der Waals surface area contributed by atoms with E-state index in [1.165, 1.54) is 19.4 Å². The van der Waals surface area contributed by atoms with Gasteiger partial charge in [0.25, 0.3) is 5.91 Å². The summed E-state index contributed by atoms with van der Waals surface area (Å²) in [5, 5.41) is 0. The summed E-state index contributed by atoms with van der Waals surface area (Å²) in [6.45, 7) is 6.49. The van der Waals surface area contributed by atoms with Gasteiger partial charge in [0, 0.05) is 30.4 Å². The second kappa shape index (κ2) is 11.6. The molecule has 1 saturated heterocycles. The largest absolute Gasteiger partial charge is 0.490 e. The van der Waals surface area contributed by atoms with Crippen LogP contribution in [0.25, 0.3) is 0 Å². The number of unbranched alkanes of at least 4 members (excludes halogenated alkanes) is 1. The molecule has 0 atom stereocenters. The lowest BCUT2D eigenvalue weighted by Gasteiger charge is -2.32. The lowest BCUT2D eigenvalue weighted by atomic mass is 10.1. The molecule has 0 spiro atoms. The number of piperidine rings is 1. The summed E-state index contributed by atoms with van der Waals surface area (Å²) in [6.07, 6.45) is 4.80. The van der Waals surface area contributed by atoms with Gasteiger partial charge in [0.15, 0.2) is 0 Å². The molecular formula is C30H35N3O4. The summed E-state index contributed by atoms with van der Waals surface area (Å²) in [6, 6.07) is 20.2. The smallest absolute Gasteiger partial charge is 0.258 e. The molecule has 0 unspecified atom stereocenters. The molecular weight excluding hydrogens is 466 g/mol. The highest BCUT2D eigenvalue weighted by Crippen LogP contribution is 2.37. The van der Waals surface area contributed by atoms with Crippen LogP contribution in [-0.4, -0.2) is 49.7 Å². The molecule has 0 bridgehead atoms. The third kappa shape index (κ3) is 6.17. The van der Waals surface area contributed by atoms with Gasteiger partial charge < -0.3 is 29.7 Å². The number of ether oxygens (including phenoxy) is 3. The van der Waals surface area contributed by atoms with E-state index in [9.17, 15) is 4.79 Å². The molecule has 2 heterocycles. The number of amides is 1. The summed E-state index contributed by atoms with van der Waals surface area (Å²) >= 11 is 0. The summed E-state index contributed by atoms with van der Waals surface area (Å²) in [4.78, 5) is 17.7. The van der Waals surface area contributed by atoms with Crippen molar-refractivity contribution in [3.05, 3.63) is 72.3 Å². The van der Waals surface area contributed by atoms with E-state index >= 15 is 0 Å². The normalized spacial score (nSPS) is 16.1. The molecule has 2 aliphatic heterocycles. The first-order chi connectivity index (χ1) is 18.1. The zero-order valence-corrected chi connectivity index (χ0v) is 21.4. The molecule has 0 saturated carbocycles. The lowest BCUT2D eigenvalue weighted by Crippen LogP contribution is -2.38. The van der Waals surface area contributed by atoms with Gasteiger partial charge in [-0.3, -0.25) is 4.79 Å². The average molecular weight is 502 g/mol. The van der Waals surface area contributed by atoms with Crippen molar-refractivity contribution >= 4 is 17.3 Å². The van der Waals surface area contributed by atoms with Crippen LogP contribution in [0.2, 0.25) is 0 Å². The van der Waals surface area contributed by atoms with Crippen LogP contribution in [0, 0.1) is 0 Å². The molecule has 5 rings (SSSR count). The summed E-state index contributed by atoms with van der Waals surface area (Å²) in [5.41, 5.74) is 7.78. The fourth-order valence-corrected chi connectivity index (χ4v) is 4.80. The van der Waals surface area contributed by atoms with E-state index in [2.05, 4.69) is 11.8 Å². The SMILES string of the molecule is CCCCN1CCC(Oc2ccc(C(=O)N3CCOc4cc(Oc5ccc(N)cc5)ccc43)cc2)CC1. The van der Waals surface area contributed by atoms with Crippen LogP contribution < -0.4 is 24.8 Å². The zero-order valence-electron chi connectivity index (χ0n) is 21.4. The highest BCUT2D eigenvalue weighted by molar-refractivity contribution is 6.07. The Kier molecular flexibility index (Phi) is 7.80. The fraction of sp³-hybridized carbons (Fsp3) is 0.367. The number of likely N-dealkylation sites (tertiary alicyclic amines) is 1. The minimum atomic E-state index is -0.0625. The number of benzene rings is 3. The van der Waals surface area contributed by atoms with Crippen molar-refractivity contribution in [2.75, 3.05) is 43.4 Å². The second-order valence-corrected chi connectivity index (χ2v) is 9.64. The summed E-state index contributed by atoms with van der Waals surface area (Å²) < 4.78 is 18.0. The van der Waals surface area contributed by atoms with Crippen molar-refractivity contribution in [1.29, 1.82) is 0 Å². The van der Waals surface area contributed by atoms with Crippen LogP contribution in [0.1, 0.15) is 43.0 Å². The van der Waals surface area contributed by atoms with E-state index in [-0.39, 0.29) is 12.0 Å². The van der Waals surface area contributed by atoms with Crippen molar-refractivity contribution in [1.82, 2.24) is 4.90 Å². The number of hydrogen-bond donors (Lipinski definition) is 1. The van der Waals surface area contributed by atoms with Gasteiger partial charge in [0.1, 0.15) is 35.7 Å². The number of nitrogen functional groups attached to an aromatic ring is 1. The van der Waals surface area contributed by atoms with Crippen LogP contribution in [0.4, 0.5) is 11.4 Å². The molecule has 7 nitrogen and oxygen atoms in total. The number of nitrogens with two attached hydrogens (primary N) is 1. The highest BCUT2D eigenvalue weighted by atomic mass is 16.5. The molecule has 37 heavy (non-hydrogen) atoms. The molecule has 2 N–H and O–H groups in total. The molecule has 2 aliphatic rings. The Labute approximate surface area is 218 Å². The van der Waals surface area contributed by atoms with Crippen LogP contribution in [0.5, 0.6) is 23.0 Å². The molecule has 1 fully saturated rings. The van der Waals surface area contributed by atoms with Crippen LogP contribution in [0.15, 0.2) is 66.7 Å². The molecule has 3 aromatic rings. The zero-order chi connectivity index (χ0) is 25.6.